The van der Waals surface area contributed by atoms with Gasteiger partial charge in [0.2, 0.25) is 0 Å². The van der Waals surface area contributed by atoms with Crippen molar-refractivity contribution < 1.29 is 0 Å². The summed E-state index contributed by atoms with van der Waals surface area (Å²) in [6.07, 6.45) is 8.86. The van der Waals surface area contributed by atoms with Crippen molar-refractivity contribution in [1.82, 2.24) is 0 Å². The summed E-state index contributed by atoms with van der Waals surface area (Å²) in [5.74, 6) is 0. The second-order valence-electron chi connectivity index (χ2n) is 3.90. The fraction of sp³-hybridized carbons (Fsp3) is 1.00. The van der Waals surface area contributed by atoms with Gasteiger partial charge in [-0.2, -0.15) is 0 Å². The van der Waals surface area contributed by atoms with Crippen LogP contribution in [0.3, 0.4) is 0 Å². The standard InChI is InChI=1S/3C4H9.Bi/c3*1-3-4-2;/h3*1,3-4H2,2H3;/q;;;+2. The molecular weight excluding hydrogens is 353 g/mol. The van der Waals surface area contributed by atoms with Gasteiger partial charge in [-0.1, -0.05) is 0 Å². The van der Waals surface area contributed by atoms with Gasteiger partial charge >= 0.3 is 93.4 Å². The second-order valence-corrected chi connectivity index (χ2v) is 14.3. The van der Waals surface area contributed by atoms with Crippen LogP contribution in [-0.2, 0) is 0 Å². The Morgan fingerprint density at radius 3 is 1.15 bits per heavy atom. The molecule has 0 rings (SSSR count). The molecule has 1 heteroatoms. The zero-order valence-electron chi connectivity index (χ0n) is 9.81. The van der Waals surface area contributed by atoms with Gasteiger partial charge in [0.1, 0.15) is 0 Å². The number of hydrogen-bond donors (Lipinski definition) is 0. The fourth-order valence-electron chi connectivity index (χ4n) is 1.48. The van der Waals surface area contributed by atoms with Gasteiger partial charge in [-0.25, -0.2) is 0 Å². The molecular formula is C12H27Bi+2. The van der Waals surface area contributed by atoms with E-state index >= 15 is 0 Å². The Labute approximate surface area is 93.2 Å². The van der Waals surface area contributed by atoms with Crippen LogP contribution in [0, 0.1) is 0 Å². The van der Waals surface area contributed by atoms with Gasteiger partial charge in [0.05, 0.1) is 0 Å². The van der Waals surface area contributed by atoms with E-state index in [2.05, 4.69) is 20.8 Å². The molecule has 0 aromatic carbocycles. The molecule has 13 heavy (non-hydrogen) atoms. The number of rotatable bonds is 9. The van der Waals surface area contributed by atoms with Crippen molar-refractivity contribution in [2.45, 2.75) is 71.7 Å². The van der Waals surface area contributed by atoms with Gasteiger partial charge in [0.25, 0.3) is 0 Å². The SMILES string of the molecule is CCC[CH2][Bi+2]([CH2]CCC)[CH2]CCC. The van der Waals surface area contributed by atoms with Crippen LogP contribution in [0.4, 0.5) is 0 Å². The van der Waals surface area contributed by atoms with Gasteiger partial charge in [-0.3, -0.25) is 0 Å². The van der Waals surface area contributed by atoms with Crippen molar-refractivity contribution in [1.29, 1.82) is 0 Å². The molecule has 0 saturated heterocycles. The molecule has 0 atom stereocenters. The molecule has 0 spiro atoms. The molecule has 0 amide bonds. The maximum atomic E-state index is 2.33. The van der Waals surface area contributed by atoms with Gasteiger partial charge < -0.3 is 0 Å². The summed E-state index contributed by atoms with van der Waals surface area (Å²) in [6.45, 7) is 7.00. The van der Waals surface area contributed by atoms with Crippen LogP contribution in [0.1, 0.15) is 59.3 Å². The molecule has 0 saturated carbocycles. The summed E-state index contributed by atoms with van der Waals surface area (Å²) in [5.41, 5.74) is 0. The average Bonchev–Trinajstić information content (AvgIpc) is 2.17. The first-order valence-corrected chi connectivity index (χ1v) is 13.4. The first kappa shape index (κ1) is 13.9. The molecule has 0 bridgehead atoms. The molecule has 0 N–H and O–H groups in total. The molecule has 0 aliphatic rings. The zero-order valence-corrected chi connectivity index (χ0v) is 13.3. The third kappa shape index (κ3) is 9.19. The van der Waals surface area contributed by atoms with E-state index in [1.54, 1.807) is 12.4 Å². The summed E-state index contributed by atoms with van der Waals surface area (Å²) in [5, 5.41) is 0. The van der Waals surface area contributed by atoms with Crippen LogP contribution < -0.4 is 0 Å². The van der Waals surface area contributed by atoms with Crippen molar-refractivity contribution in [2.24, 2.45) is 0 Å². The Kier molecular flexibility index (Phi) is 11.7. The summed E-state index contributed by atoms with van der Waals surface area (Å²) in [4.78, 5) is 0. The second kappa shape index (κ2) is 11.0. The van der Waals surface area contributed by atoms with Crippen molar-refractivity contribution in [2.75, 3.05) is 0 Å². The normalized spacial score (nSPS) is 10.4. The van der Waals surface area contributed by atoms with Crippen LogP contribution in [0.25, 0.3) is 0 Å². The number of hydrogen-bond acceptors (Lipinski definition) is 0. The summed E-state index contributed by atoms with van der Waals surface area (Å²) < 4.78 is 5.06. The van der Waals surface area contributed by atoms with Gasteiger partial charge in [-0.05, 0) is 0 Å². The fourth-order valence-corrected chi connectivity index (χ4v) is 13.0. The van der Waals surface area contributed by atoms with Gasteiger partial charge in [0, 0.05) is 0 Å². The van der Waals surface area contributed by atoms with Gasteiger partial charge in [0.15, 0.2) is 0 Å². The van der Waals surface area contributed by atoms with Crippen LogP contribution in [0.15, 0.2) is 0 Å². The van der Waals surface area contributed by atoms with Crippen LogP contribution >= 0.6 is 0 Å². The minimum atomic E-state index is -0.907. The summed E-state index contributed by atoms with van der Waals surface area (Å²) in [6, 6.07) is 0. The van der Waals surface area contributed by atoms with Crippen LogP contribution in [0.5, 0.6) is 0 Å². The molecule has 0 heterocycles. The van der Waals surface area contributed by atoms with Crippen molar-refractivity contribution >= 4 is 21.8 Å². The molecule has 0 aromatic rings. The Bertz CT molecular complexity index is 72.1. The Hall–Kier alpha value is 0.883. The van der Waals surface area contributed by atoms with E-state index in [0.717, 1.165) is 0 Å². The Morgan fingerprint density at radius 1 is 0.615 bits per heavy atom. The van der Waals surface area contributed by atoms with E-state index in [1.165, 1.54) is 38.5 Å². The molecule has 0 nitrogen and oxygen atoms in total. The summed E-state index contributed by atoms with van der Waals surface area (Å²) >= 11 is -0.907. The molecule has 0 fully saturated rings. The van der Waals surface area contributed by atoms with E-state index in [9.17, 15) is 0 Å². The van der Waals surface area contributed by atoms with E-state index in [-0.39, 0.29) is 0 Å². The van der Waals surface area contributed by atoms with Crippen molar-refractivity contribution in [3.8, 4) is 0 Å². The van der Waals surface area contributed by atoms with E-state index in [1.807, 2.05) is 0 Å². The molecule has 0 unspecified atom stereocenters. The van der Waals surface area contributed by atoms with Crippen LogP contribution in [0.2, 0.25) is 12.4 Å². The van der Waals surface area contributed by atoms with E-state index in [4.69, 9.17) is 0 Å². The average molecular weight is 380 g/mol. The topological polar surface area (TPSA) is 0 Å². The number of unbranched alkanes of at least 4 members (excludes halogenated alkanes) is 3. The zero-order chi connectivity index (χ0) is 9.94. The van der Waals surface area contributed by atoms with E-state index < -0.39 is 21.8 Å². The molecule has 0 aliphatic heterocycles. The third-order valence-corrected chi connectivity index (χ3v) is 13.5. The molecule has 0 aliphatic carbocycles. The van der Waals surface area contributed by atoms with Gasteiger partial charge in [-0.15, -0.1) is 0 Å². The van der Waals surface area contributed by atoms with Crippen LogP contribution in [-0.4, -0.2) is 21.8 Å². The Balaban J connectivity index is 3.47. The van der Waals surface area contributed by atoms with Crippen molar-refractivity contribution in [3.05, 3.63) is 0 Å². The predicted octanol–water partition coefficient (Wildman–Crippen LogP) is 4.88. The predicted molar refractivity (Wildman–Crippen MR) is 64.9 cm³/mol. The summed E-state index contributed by atoms with van der Waals surface area (Å²) in [7, 11) is 0. The molecule has 0 radical (unpaired) electrons. The van der Waals surface area contributed by atoms with Crippen molar-refractivity contribution in [3.63, 3.8) is 0 Å². The monoisotopic (exact) mass is 380 g/mol. The molecule has 0 aromatic heterocycles. The third-order valence-electron chi connectivity index (χ3n) is 2.48. The quantitative estimate of drug-likeness (QED) is 0.500. The maximum absolute atomic E-state index is 2.33. The first-order chi connectivity index (χ1) is 6.35. The minimum absolute atomic E-state index is 0.907. The van der Waals surface area contributed by atoms with E-state index in [0.29, 0.717) is 0 Å². The Morgan fingerprint density at radius 2 is 0.923 bits per heavy atom. The molecule has 78 valence electrons. The first-order valence-electron chi connectivity index (χ1n) is 6.07.